The lowest BCUT2D eigenvalue weighted by Crippen LogP contribution is -2.20. The van der Waals surface area contributed by atoms with Gasteiger partial charge in [0.25, 0.3) is 0 Å². The van der Waals surface area contributed by atoms with E-state index in [4.69, 9.17) is 10.8 Å². The first-order valence-electron chi connectivity index (χ1n) is 6.58. The van der Waals surface area contributed by atoms with Gasteiger partial charge >= 0.3 is 0 Å². The maximum absolute atomic E-state index is 9.09. The summed E-state index contributed by atoms with van der Waals surface area (Å²) in [5.41, 5.74) is 6.77. The topological polar surface area (TPSA) is 64.1 Å². The van der Waals surface area contributed by atoms with Crippen LogP contribution in [0.5, 0.6) is 0 Å². The van der Waals surface area contributed by atoms with E-state index in [1.165, 1.54) is 25.7 Å². The van der Waals surface area contributed by atoms with E-state index < -0.39 is 0 Å². The molecule has 0 aromatic carbocycles. The molecular formula is C13H25N3O. The molecule has 0 bridgehead atoms. The fourth-order valence-electron chi connectivity index (χ4n) is 2.07. The first kappa shape index (κ1) is 14.2. The van der Waals surface area contributed by atoms with Crippen molar-refractivity contribution in [1.82, 2.24) is 9.55 Å². The molecule has 0 amide bonds. The number of hydrogen-bond acceptors (Lipinski definition) is 3. The van der Waals surface area contributed by atoms with Crippen LogP contribution < -0.4 is 5.73 Å². The van der Waals surface area contributed by atoms with Crippen molar-refractivity contribution in [1.29, 1.82) is 0 Å². The highest BCUT2D eigenvalue weighted by Gasteiger charge is 2.14. The molecule has 1 aromatic rings. The molecule has 3 N–H and O–H groups in total. The summed E-state index contributed by atoms with van der Waals surface area (Å²) < 4.78 is 2.09. The van der Waals surface area contributed by atoms with E-state index in [1.807, 2.05) is 6.33 Å². The number of nitrogens with two attached hydrogens (primary N) is 1. The summed E-state index contributed by atoms with van der Waals surface area (Å²) in [4.78, 5) is 4.13. The quantitative estimate of drug-likeness (QED) is 0.685. The van der Waals surface area contributed by atoms with E-state index >= 15 is 0 Å². The second-order valence-corrected chi connectivity index (χ2v) is 4.71. The van der Waals surface area contributed by atoms with Gasteiger partial charge in [0.15, 0.2) is 0 Å². The van der Waals surface area contributed by atoms with Crippen LogP contribution in [-0.2, 0) is 0 Å². The Morgan fingerprint density at radius 2 is 2.18 bits per heavy atom. The maximum atomic E-state index is 9.09. The van der Waals surface area contributed by atoms with Crippen molar-refractivity contribution < 1.29 is 5.11 Å². The fourth-order valence-corrected chi connectivity index (χ4v) is 2.07. The summed E-state index contributed by atoms with van der Waals surface area (Å²) in [6.45, 7) is 4.37. The number of aliphatic hydroxyl groups excluding tert-OH is 1. The molecule has 0 fully saturated rings. The van der Waals surface area contributed by atoms with Crippen LogP contribution in [0.4, 0.5) is 0 Å². The summed E-state index contributed by atoms with van der Waals surface area (Å²) in [7, 11) is 0. The second-order valence-electron chi connectivity index (χ2n) is 4.71. The molecule has 1 aromatic heterocycles. The molecule has 1 heterocycles. The lowest BCUT2D eigenvalue weighted by molar-refractivity contribution is 0.261. The van der Waals surface area contributed by atoms with Gasteiger partial charge in [-0.15, -0.1) is 0 Å². The lowest BCUT2D eigenvalue weighted by atomic mass is 10.1. The Balaban J connectivity index is 2.50. The largest absolute Gasteiger partial charge is 0.394 e. The molecule has 0 spiro atoms. The van der Waals surface area contributed by atoms with Crippen LogP contribution in [0.1, 0.15) is 63.7 Å². The second kappa shape index (κ2) is 7.45. The Kier molecular flexibility index (Phi) is 6.22. The van der Waals surface area contributed by atoms with Crippen LogP contribution in [0, 0.1) is 0 Å². The van der Waals surface area contributed by atoms with Crippen molar-refractivity contribution in [3.8, 4) is 0 Å². The summed E-state index contributed by atoms with van der Waals surface area (Å²) in [6.07, 6.45) is 9.80. The molecular weight excluding hydrogens is 214 g/mol. The molecule has 17 heavy (non-hydrogen) atoms. The zero-order chi connectivity index (χ0) is 12.7. The molecule has 4 nitrogen and oxygen atoms in total. The van der Waals surface area contributed by atoms with Gasteiger partial charge in [-0.25, -0.2) is 4.98 Å². The first-order valence-corrected chi connectivity index (χ1v) is 6.58. The minimum atomic E-state index is -0.324. The van der Waals surface area contributed by atoms with Crippen LogP contribution in [0.3, 0.4) is 0 Å². The third-order valence-electron chi connectivity index (χ3n) is 3.22. The van der Waals surface area contributed by atoms with Gasteiger partial charge in [-0.05, 0) is 13.3 Å². The molecule has 0 aliphatic rings. The average Bonchev–Trinajstić information content (AvgIpc) is 2.82. The Morgan fingerprint density at radius 1 is 1.41 bits per heavy atom. The molecule has 4 heteroatoms. The van der Waals surface area contributed by atoms with Crippen LogP contribution in [0.25, 0.3) is 0 Å². The van der Waals surface area contributed by atoms with Gasteiger partial charge in [0.1, 0.15) is 0 Å². The number of aliphatic hydroxyl groups is 1. The molecule has 1 rings (SSSR count). The van der Waals surface area contributed by atoms with Crippen molar-refractivity contribution in [3.05, 3.63) is 18.2 Å². The van der Waals surface area contributed by atoms with Gasteiger partial charge < -0.3 is 15.4 Å². The highest BCUT2D eigenvalue weighted by atomic mass is 16.3. The third-order valence-corrected chi connectivity index (χ3v) is 3.22. The Bertz CT molecular complexity index is 311. The summed E-state index contributed by atoms with van der Waals surface area (Å²) in [6, 6.07) is 0.0811. The van der Waals surface area contributed by atoms with Crippen molar-refractivity contribution in [2.24, 2.45) is 5.73 Å². The number of hydrogen-bond donors (Lipinski definition) is 2. The maximum Gasteiger partial charge on any atom is 0.0951 e. The van der Waals surface area contributed by atoms with Crippen molar-refractivity contribution >= 4 is 0 Å². The summed E-state index contributed by atoms with van der Waals surface area (Å²) in [5.74, 6) is 0. The highest BCUT2D eigenvalue weighted by molar-refractivity contribution is 5.05. The lowest BCUT2D eigenvalue weighted by Gasteiger charge is -2.19. The van der Waals surface area contributed by atoms with E-state index in [1.54, 1.807) is 6.20 Å². The smallest absolute Gasteiger partial charge is 0.0951 e. The fraction of sp³-hybridized carbons (Fsp3) is 0.769. The first-order chi connectivity index (χ1) is 8.20. The monoisotopic (exact) mass is 239 g/mol. The molecule has 0 aliphatic carbocycles. The summed E-state index contributed by atoms with van der Waals surface area (Å²) in [5, 5.41) is 9.09. The SMILES string of the molecule is CCCCCCC(C)n1cncc1C(N)CO. The van der Waals surface area contributed by atoms with Crippen LogP contribution in [0.2, 0.25) is 0 Å². The van der Waals surface area contributed by atoms with Crippen LogP contribution >= 0.6 is 0 Å². The van der Waals surface area contributed by atoms with Crippen LogP contribution in [-0.4, -0.2) is 21.3 Å². The van der Waals surface area contributed by atoms with E-state index in [0.717, 1.165) is 12.1 Å². The Morgan fingerprint density at radius 3 is 2.82 bits per heavy atom. The number of unbranched alkanes of at least 4 members (excludes halogenated alkanes) is 3. The zero-order valence-corrected chi connectivity index (χ0v) is 11.0. The third kappa shape index (κ3) is 4.13. The van der Waals surface area contributed by atoms with Crippen molar-refractivity contribution in [2.75, 3.05) is 6.61 Å². The van der Waals surface area contributed by atoms with Gasteiger partial charge in [-0.2, -0.15) is 0 Å². The highest BCUT2D eigenvalue weighted by Crippen LogP contribution is 2.20. The Hall–Kier alpha value is -0.870. The summed E-state index contributed by atoms with van der Waals surface area (Å²) >= 11 is 0. The predicted molar refractivity (Wildman–Crippen MR) is 69.7 cm³/mol. The molecule has 0 aliphatic heterocycles. The molecule has 2 atom stereocenters. The minimum Gasteiger partial charge on any atom is -0.394 e. The van der Waals surface area contributed by atoms with E-state index in [0.29, 0.717) is 6.04 Å². The van der Waals surface area contributed by atoms with Gasteiger partial charge in [-0.3, -0.25) is 0 Å². The van der Waals surface area contributed by atoms with Gasteiger partial charge in [0.2, 0.25) is 0 Å². The van der Waals surface area contributed by atoms with Crippen LogP contribution in [0.15, 0.2) is 12.5 Å². The number of aromatic nitrogens is 2. The van der Waals surface area contributed by atoms with E-state index in [9.17, 15) is 0 Å². The molecule has 0 radical (unpaired) electrons. The van der Waals surface area contributed by atoms with Gasteiger partial charge in [-0.1, -0.05) is 32.6 Å². The predicted octanol–water partition coefficient (Wildman–Crippen LogP) is 2.41. The van der Waals surface area contributed by atoms with E-state index in [-0.39, 0.29) is 12.6 Å². The molecule has 0 saturated heterocycles. The normalized spacial score (nSPS) is 14.8. The molecule has 2 unspecified atom stereocenters. The number of imidazole rings is 1. The zero-order valence-electron chi connectivity index (χ0n) is 11.0. The van der Waals surface area contributed by atoms with Gasteiger partial charge in [0.05, 0.1) is 24.7 Å². The minimum absolute atomic E-state index is 0.0335. The van der Waals surface area contributed by atoms with Gasteiger partial charge in [0, 0.05) is 12.2 Å². The molecule has 98 valence electrons. The van der Waals surface area contributed by atoms with E-state index in [2.05, 4.69) is 23.4 Å². The molecule has 0 saturated carbocycles. The number of rotatable bonds is 8. The van der Waals surface area contributed by atoms with Crippen molar-refractivity contribution in [3.63, 3.8) is 0 Å². The Labute approximate surface area is 104 Å². The average molecular weight is 239 g/mol. The number of nitrogens with zero attached hydrogens (tertiary/aromatic N) is 2. The standard InChI is InChI=1S/C13H25N3O/c1-3-4-5-6-7-11(2)16-10-15-8-13(16)12(14)9-17/h8,10-12,17H,3-7,9,14H2,1-2H3. The van der Waals surface area contributed by atoms with Crippen molar-refractivity contribution in [2.45, 2.75) is 58.0 Å².